The number of rotatable bonds is 1. The van der Waals surface area contributed by atoms with Gasteiger partial charge >= 0.3 is 0 Å². The normalized spacial score (nSPS) is 34.8. The number of hydrogen-bond acceptors (Lipinski definition) is 3. The van der Waals surface area contributed by atoms with Crippen molar-refractivity contribution in [1.29, 1.82) is 0 Å². The van der Waals surface area contributed by atoms with Crippen molar-refractivity contribution in [1.82, 2.24) is 4.90 Å². The first-order chi connectivity index (χ1) is 4.70. The fourth-order valence-corrected chi connectivity index (χ4v) is 3.71. The molecule has 3 heteroatoms. The fraction of sp³-hybridized carbons (Fsp3) is 1.00. The van der Waals surface area contributed by atoms with Crippen LogP contribution in [0.2, 0.25) is 0 Å². The summed E-state index contributed by atoms with van der Waals surface area (Å²) in [6.07, 6.45) is 0. The SMILES string of the molecule is CC1SCC(N(C)C)CS1. The predicted molar refractivity (Wildman–Crippen MR) is 51.9 cm³/mol. The van der Waals surface area contributed by atoms with E-state index in [0.717, 1.165) is 10.6 Å². The second-order valence-corrected chi connectivity index (χ2v) is 5.90. The Morgan fingerprint density at radius 2 is 1.70 bits per heavy atom. The molecule has 0 atom stereocenters. The van der Waals surface area contributed by atoms with Gasteiger partial charge in [-0.2, -0.15) is 0 Å². The molecule has 1 fully saturated rings. The first-order valence-electron chi connectivity index (χ1n) is 3.60. The summed E-state index contributed by atoms with van der Waals surface area (Å²) < 4.78 is 0.816. The maximum Gasteiger partial charge on any atom is 0.0475 e. The van der Waals surface area contributed by atoms with Crippen LogP contribution in [0.5, 0.6) is 0 Å². The van der Waals surface area contributed by atoms with Crippen molar-refractivity contribution in [2.45, 2.75) is 17.5 Å². The lowest BCUT2D eigenvalue weighted by molar-refractivity contribution is 0.343. The summed E-state index contributed by atoms with van der Waals surface area (Å²) in [5, 5.41) is 0. The number of hydrogen-bond donors (Lipinski definition) is 0. The summed E-state index contributed by atoms with van der Waals surface area (Å²) in [4.78, 5) is 2.33. The van der Waals surface area contributed by atoms with Crippen molar-refractivity contribution in [2.24, 2.45) is 0 Å². The zero-order valence-corrected chi connectivity index (χ0v) is 8.47. The zero-order valence-electron chi connectivity index (χ0n) is 6.83. The van der Waals surface area contributed by atoms with Gasteiger partial charge in [-0.1, -0.05) is 0 Å². The van der Waals surface area contributed by atoms with Crippen molar-refractivity contribution < 1.29 is 0 Å². The summed E-state index contributed by atoms with van der Waals surface area (Å²) >= 11 is 4.15. The van der Waals surface area contributed by atoms with Gasteiger partial charge in [-0.3, -0.25) is 0 Å². The van der Waals surface area contributed by atoms with Crippen LogP contribution in [0, 0.1) is 0 Å². The largest absolute Gasteiger partial charge is 0.305 e. The molecule has 0 bridgehead atoms. The topological polar surface area (TPSA) is 3.24 Å². The maximum atomic E-state index is 2.33. The molecule has 0 aromatic carbocycles. The molecule has 1 aliphatic rings. The molecule has 1 saturated heterocycles. The summed E-state index contributed by atoms with van der Waals surface area (Å²) in [6.45, 7) is 2.29. The average Bonchev–Trinajstić information content (AvgIpc) is 1.88. The summed E-state index contributed by atoms with van der Waals surface area (Å²) in [6, 6.07) is 0.797. The van der Waals surface area contributed by atoms with Crippen LogP contribution in [0.1, 0.15) is 6.92 Å². The van der Waals surface area contributed by atoms with Gasteiger partial charge in [-0.25, -0.2) is 0 Å². The molecule has 0 aromatic heterocycles. The standard InChI is InChI=1S/C7H15NS2/c1-6-9-4-7(5-10-6)8(2)3/h6-7H,4-5H2,1-3H3. The predicted octanol–water partition coefficient (Wildman–Crippen LogP) is 1.74. The Morgan fingerprint density at radius 3 is 2.10 bits per heavy atom. The Bertz CT molecular complexity index is 97.8. The molecule has 60 valence electrons. The van der Waals surface area contributed by atoms with Gasteiger partial charge in [-0.15, -0.1) is 23.5 Å². The third-order valence-electron chi connectivity index (χ3n) is 1.78. The van der Waals surface area contributed by atoms with Gasteiger partial charge in [-0.05, 0) is 21.0 Å². The molecule has 0 amide bonds. The Kier molecular flexibility index (Phi) is 3.40. The van der Waals surface area contributed by atoms with E-state index in [0.29, 0.717) is 0 Å². The lowest BCUT2D eigenvalue weighted by atomic mass is 10.4. The Hall–Kier alpha value is 0.660. The molecule has 1 heterocycles. The van der Waals surface area contributed by atoms with Crippen LogP contribution in [0.4, 0.5) is 0 Å². The molecule has 1 aliphatic heterocycles. The first-order valence-corrected chi connectivity index (χ1v) is 5.69. The minimum Gasteiger partial charge on any atom is -0.305 e. The average molecular weight is 177 g/mol. The molecule has 0 N–H and O–H groups in total. The Balaban J connectivity index is 2.26. The fourth-order valence-electron chi connectivity index (χ4n) is 0.888. The second kappa shape index (κ2) is 3.88. The van der Waals surface area contributed by atoms with Crippen LogP contribution in [0.3, 0.4) is 0 Å². The van der Waals surface area contributed by atoms with Gasteiger partial charge in [0.15, 0.2) is 0 Å². The summed E-state index contributed by atoms with van der Waals surface area (Å²) in [7, 11) is 4.34. The zero-order chi connectivity index (χ0) is 7.56. The van der Waals surface area contributed by atoms with Crippen LogP contribution in [-0.2, 0) is 0 Å². The van der Waals surface area contributed by atoms with Crippen molar-refractivity contribution in [3.63, 3.8) is 0 Å². The first kappa shape index (κ1) is 8.75. The molecule has 1 nitrogen and oxygen atoms in total. The van der Waals surface area contributed by atoms with Gasteiger partial charge < -0.3 is 4.90 Å². The molecule has 0 spiro atoms. The lowest BCUT2D eigenvalue weighted by Gasteiger charge is -2.30. The molecule has 0 radical (unpaired) electrons. The second-order valence-electron chi connectivity index (χ2n) is 2.85. The van der Waals surface area contributed by atoms with E-state index in [2.05, 4.69) is 49.4 Å². The van der Waals surface area contributed by atoms with Crippen molar-refractivity contribution in [2.75, 3.05) is 25.6 Å². The van der Waals surface area contributed by atoms with Crippen LogP contribution in [0.15, 0.2) is 0 Å². The summed E-state index contributed by atoms with van der Waals surface area (Å²) in [5.41, 5.74) is 0. The van der Waals surface area contributed by atoms with Gasteiger partial charge in [0.05, 0.1) is 0 Å². The highest BCUT2D eigenvalue weighted by Gasteiger charge is 2.19. The van der Waals surface area contributed by atoms with Gasteiger partial charge in [0.2, 0.25) is 0 Å². The highest BCUT2D eigenvalue weighted by Crippen LogP contribution is 2.31. The summed E-state index contributed by atoms with van der Waals surface area (Å²) in [5.74, 6) is 2.61. The van der Waals surface area contributed by atoms with E-state index in [4.69, 9.17) is 0 Å². The highest BCUT2D eigenvalue weighted by molar-refractivity contribution is 8.17. The number of nitrogens with zero attached hydrogens (tertiary/aromatic N) is 1. The minimum atomic E-state index is 0.797. The van der Waals surface area contributed by atoms with E-state index in [1.54, 1.807) is 0 Å². The number of thioether (sulfide) groups is 2. The molecule has 0 unspecified atom stereocenters. The lowest BCUT2D eigenvalue weighted by Crippen LogP contribution is -2.35. The molecular weight excluding hydrogens is 162 g/mol. The Morgan fingerprint density at radius 1 is 1.20 bits per heavy atom. The van der Waals surface area contributed by atoms with Crippen LogP contribution in [0.25, 0.3) is 0 Å². The van der Waals surface area contributed by atoms with Crippen molar-refractivity contribution in [3.05, 3.63) is 0 Å². The van der Waals surface area contributed by atoms with E-state index in [1.807, 2.05) is 0 Å². The van der Waals surface area contributed by atoms with E-state index >= 15 is 0 Å². The highest BCUT2D eigenvalue weighted by atomic mass is 32.2. The molecule has 0 aromatic rings. The van der Waals surface area contributed by atoms with Crippen LogP contribution in [-0.4, -0.2) is 41.1 Å². The molecule has 10 heavy (non-hydrogen) atoms. The smallest absolute Gasteiger partial charge is 0.0475 e. The van der Waals surface area contributed by atoms with Crippen molar-refractivity contribution in [3.8, 4) is 0 Å². The monoisotopic (exact) mass is 177 g/mol. The van der Waals surface area contributed by atoms with E-state index in [9.17, 15) is 0 Å². The van der Waals surface area contributed by atoms with Gasteiger partial charge in [0.25, 0.3) is 0 Å². The van der Waals surface area contributed by atoms with Gasteiger partial charge in [0, 0.05) is 22.1 Å². The maximum absolute atomic E-state index is 2.33. The molecule has 1 rings (SSSR count). The van der Waals surface area contributed by atoms with Gasteiger partial charge in [0.1, 0.15) is 0 Å². The van der Waals surface area contributed by atoms with Crippen molar-refractivity contribution >= 4 is 23.5 Å². The molecule has 0 aliphatic carbocycles. The molecular formula is C7H15NS2. The van der Waals surface area contributed by atoms with E-state index in [-0.39, 0.29) is 0 Å². The molecule has 0 saturated carbocycles. The Labute approximate surface area is 71.9 Å². The third-order valence-corrected chi connectivity index (χ3v) is 4.69. The third kappa shape index (κ3) is 2.36. The van der Waals surface area contributed by atoms with Crippen LogP contribution < -0.4 is 0 Å². The van der Waals surface area contributed by atoms with E-state index < -0.39 is 0 Å². The quantitative estimate of drug-likeness (QED) is 0.601. The minimum absolute atomic E-state index is 0.797. The van der Waals surface area contributed by atoms with Crippen LogP contribution >= 0.6 is 23.5 Å². The van der Waals surface area contributed by atoms with E-state index in [1.165, 1.54) is 11.5 Å².